The molecule has 8 nitrogen and oxygen atoms in total. The molecule has 1 N–H and O–H groups in total. The summed E-state index contributed by atoms with van der Waals surface area (Å²) in [5, 5.41) is 0. The highest BCUT2D eigenvalue weighted by Crippen LogP contribution is 2.53. The number of fused-ring (bicyclic) bond motifs is 2. The number of likely N-dealkylation sites (N-methyl/N-ethyl adjacent to an activating group) is 2. The Morgan fingerprint density at radius 1 is 0.865 bits per heavy atom. The van der Waals surface area contributed by atoms with Crippen LogP contribution in [0.25, 0.3) is 6.08 Å². The van der Waals surface area contributed by atoms with Crippen LogP contribution < -0.4 is 25.1 Å². The van der Waals surface area contributed by atoms with Gasteiger partial charge in [-0.1, -0.05) is 84.1 Å². The molecular formula is C28H25N5O3S. The van der Waals surface area contributed by atoms with Gasteiger partial charge in [0.15, 0.2) is 0 Å². The van der Waals surface area contributed by atoms with Gasteiger partial charge < -0.3 is 4.74 Å². The summed E-state index contributed by atoms with van der Waals surface area (Å²) in [4.78, 5) is 36.3. The summed E-state index contributed by atoms with van der Waals surface area (Å²) in [5.41, 5.74) is 3.41. The van der Waals surface area contributed by atoms with Crippen LogP contribution in [0.1, 0.15) is 16.7 Å². The molecule has 0 spiro atoms. The normalized spacial score (nSPS) is 22.8. The zero-order valence-corrected chi connectivity index (χ0v) is 21.4. The van der Waals surface area contributed by atoms with Crippen LogP contribution in [0, 0.1) is 0 Å². The Bertz CT molecular complexity index is 1670. The molecule has 1 fully saturated rings. The summed E-state index contributed by atoms with van der Waals surface area (Å²) < 4.78 is 7.24. The smallest absolute Gasteiger partial charge is 0.324 e. The molecular weight excluding hydrogens is 486 g/mol. The predicted molar refractivity (Wildman–Crippen MR) is 142 cm³/mol. The lowest BCUT2D eigenvalue weighted by molar-refractivity contribution is 0.0648. The molecule has 2 aliphatic heterocycles. The molecule has 2 amide bonds. The molecule has 1 aromatic heterocycles. The molecule has 1 saturated heterocycles. The molecule has 6 rings (SSSR count). The van der Waals surface area contributed by atoms with Crippen molar-refractivity contribution < 1.29 is 9.53 Å². The number of amides is 2. The first-order chi connectivity index (χ1) is 17.9. The lowest BCUT2D eigenvalue weighted by atomic mass is 9.80. The molecule has 0 bridgehead atoms. The predicted octanol–water partition coefficient (Wildman–Crippen LogP) is 2.63. The molecule has 0 saturated carbocycles. The van der Waals surface area contributed by atoms with Gasteiger partial charge in [0, 0.05) is 25.2 Å². The van der Waals surface area contributed by atoms with E-state index in [1.165, 1.54) is 16.0 Å². The Balaban J connectivity index is 1.67. The number of hydrogen-bond acceptors (Lipinski definition) is 6. The van der Waals surface area contributed by atoms with Gasteiger partial charge in [-0.25, -0.2) is 9.79 Å². The number of carbonyl (C=O) groups is 1. The molecule has 2 unspecified atom stereocenters. The average molecular weight is 512 g/mol. The van der Waals surface area contributed by atoms with Crippen molar-refractivity contribution in [3.63, 3.8) is 0 Å². The third kappa shape index (κ3) is 3.10. The van der Waals surface area contributed by atoms with Crippen molar-refractivity contribution in [3.05, 3.63) is 121 Å². The van der Waals surface area contributed by atoms with E-state index in [1.54, 1.807) is 31.0 Å². The molecule has 9 heteroatoms. The second kappa shape index (κ2) is 8.35. The highest BCUT2D eigenvalue weighted by atomic mass is 32.1. The average Bonchev–Trinajstić information content (AvgIpc) is 3.33. The minimum absolute atomic E-state index is 0.211. The standard InChI is InChI=1S/C28H25N5O3S/c1-31-26(35)32(2)28(21-12-8-5-9-13-21)27(31,20-10-6-4-7-11-20)29-25-33(30-28)24(34)23(37-25)18-19-14-16-22(36-3)17-15-19/h4-18,30H,1-3H3. The van der Waals surface area contributed by atoms with Gasteiger partial charge in [-0.2, -0.15) is 4.68 Å². The van der Waals surface area contributed by atoms with E-state index in [1.807, 2.05) is 91.0 Å². The van der Waals surface area contributed by atoms with Crippen LogP contribution in [-0.4, -0.2) is 41.7 Å². The van der Waals surface area contributed by atoms with Gasteiger partial charge in [0.05, 0.1) is 11.6 Å². The molecule has 4 aromatic rings. The van der Waals surface area contributed by atoms with Crippen molar-refractivity contribution in [2.75, 3.05) is 26.6 Å². The van der Waals surface area contributed by atoms with Crippen molar-refractivity contribution in [1.82, 2.24) is 14.5 Å². The third-order valence-electron chi connectivity index (χ3n) is 7.19. The van der Waals surface area contributed by atoms with E-state index in [4.69, 9.17) is 9.73 Å². The first-order valence-electron chi connectivity index (χ1n) is 11.8. The fraction of sp³-hybridized carbons (Fsp3) is 0.179. The first-order valence-corrected chi connectivity index (χ1v) is 12.6. The number of nitrogens with one attached hydrogen (secondary N) is 1. The van der Waals surface area contributed by atoms with Gasteiger partial charge in [0.1, 0.15) is 5.75 Å². The number of hydrogen-bond donors (Lipinski definition) is 1. The second-order valence-electron chi connectivity index (χ2n) is 9.05. The van der Waals surface area contributed by atoms with E-state index >= 15 is 0 Å². The SMILES string of the molecule is COc1ccc(C=c2sc3n(c2=O)NC2(c4ccccc4)N(C)C(=O)N(C)C2(c2ccccc2)N=3)cc1. The number of thiazole rings is 1. The monoisotopic (exact) mass is 511 g/mol. The first kappa shape index (κ1) is 23.1. The second-order valence-corrected chi connectivity index (χ2v) is 10.1. The molecule has 37 heavy (non-hydrogen) atoms. The van der Waals surface area contributed by atoms with Crippen LogP contribution in [0.3, 0.4) is 0 Å². The van der Waals surface area contributed by atoms with E-state index in [0.29, 0.717) is 9.33 Å². The maximum atomic E-state index is 13.7. The lowest BCUT2D eigenvalue weighted by Crippen LogP contribution is -2.67. The van der Waals surface area contributed by atoms with Gasteiger partial charge in [-0.15, -0.1) is 0 Å². The van der Waals surface area contributed by atoms with Crippen LogP contribution in [0.4, 0.5) is 4.79 Å². The van der Waals surface area contributed by atoms with Gasteiger partial charge >= 0.3 is 6.03 Å². The largest absolute Gasteiger partial charge is 0.497 e. The van der Waals surface area contributed by atoms with Crippen molar-refractivity contribution in [3.8, 4) is 5.75 Å². The van der Waals surface area contributed by atoms with E-state index in [2.05, 4.69) is 5.43 Å². The number of methoxy groups -OCH3 is 1. The zero-order valence-electron chi connectivity index (χ0n) is 20.6. The van der Waals surface area contributed by atoms with Gasteiger partial charge in [-0.3, -0.25) is 20.0 Å². The summed E-state index contributed by atoms with van der Waals surface area (Å²) in [6.07, 6.45) is 1.84. The topological polar surface area (TPSA) is 79.2 Å². The number of nitrogens with zero attached hydrogens (tertiary/aromatic N) is 4. The Kier molecular flexibility index (Phi) is 5.20. The van der Waals surface area contributed by atoms with Crippen LogP contribution in [0.2, 0.25) is 0 Å². The molecule has 3 heterocycles. The Morgan fingerprint density at radius 2 is 1.49 bits per heavy atom. The van der Waals surface area contributed by atoms with E-state index < -0.39 is 11.3 Å². The molecule has 186 valence electrons. The molecule has 2 aliphatic rings. The van der Waals surface area contributed by atoms with Crippen molar-refractivity contribution >= 4 is 23.4 Å². The highest BCUT2D eigenvalue weighted by Gasteiger charge is 2.69. The molecule has 2 atom stereocenters. The minimum atomic E-state index is -1.18. The quantitative estimate of drug-likeness (QED) is 0.457. The minimum Gasteiger partial charge on any atom is -0.497 e. The fourth-order valence-electron chi connectivity index (χ4n) is 5.37. The Labute approximate surface area is 217 Å². The third-order valence-corrected chi connectivity index (χ3v) is 8.15. The number of benzene rings is 3. The van der Waals surface area contributed by atoms with Crippen LogP contribution in [0.15, 0.2) is 94.7 Å². The maximum Gasteiger partial charge on any atom is 0.324 e. The summed E-state index contributed by atoms with van der Waals surface area (Å²) in [5.74, 6) is 0.745. The zero-order chi connectivity index (χ0) is 25.8. The van der Waals surface area contributed by atoms with Crippen LogP contribution in [-0.2, 0) is 11.3 Å². The summed E-state index contributed by atoms with van der Waals surface area (Å²) in [7, 11) is 5.12. The number of rotatable bonds is 4. The molecule has 3 aromatic carbocycles. The number of urea groups is 1. The van der Waals surface area contributed by atoms with Crippen LogP contribution in [0.5, 0.6) is 5.75 Å². The summed E-state index contributed by atoms with van der Waals surface area (Å²) >= 11 is 1.29. The van der Waals surface area contributed by atoms with Gasteiger partial charge in [0.2, 0.25) is 16.1 Å². The summed E-state index contributed by atoms with van der Waals surface area (Å²) in [6.45, 7) is 0. The van der Waals surface area contributed by atoms with E-state index in [9.17, 15) is 9.59 Å². The Hall–Kier alpha value is -4.37. The maximum absolute atomic E-state index is 13.7. The van der Waals surface area contributed by atoms with Gasteiger partial charge in [-0.05, 0) is 23.8 Å². The molecule has 0 radical (unpaired) electrons. The number of ether oxygens (including phenoxy) is 1. The van der Waals surface area contributed by atoms with E-state index in [0.717, 1.165) is 22.4 Å². The Morgan fingerprint density at radius 3 is 2.11 bits per heavy atom. The van der Waals surface area contributed by atoms with Crippen molar-refractivity contribution in [1.29, 1.82) is 0 Å². The lowest BCUT2D eigenvalue weighted by Gasteiger charge is -2.49. The summed E-state index contributed by atoms with van der Waals surface area (Å²) in [6, 6.07) is 26.7. The number of aromatic nitrogens is 1. The highest BCUT2D eigenvalue weighted by molar-refractivity contribution is 7.07. The number of carbonyl (C=O) groups excluding carboxylic acids is 1. The van der Waals surface area contributed by atoms with Crippen molar-refractivity contribution in [2.45, 2.75) is 11.3 Å². The van der Waals surface area contributed by atoms with Crippen molar-refractivity contribution in [2.24, 2.45) is 4.99 Å². The van der Waals surface area contributed by atoms with E-state index in [-0.39, 0.29) is 11.6 Å². The fourth-order valence-corrected chi connectivity index (χ4v) is 6.34. The van der Waals surface area contributed by atoms with Gasteiger partial charge in [0.25, 0.3) is 5.56 Å². The van der Waals surface area contributed by atoms with Crippen LogP contribution >= 0.6 is 11.3 Å². The molecule has 0 aliphatic carbocycles.